The number of hydrogen-bond acceptors (Lipinski definition) is 7. The number of ether oxygens (including phenoxy) is 2. The third kappa shape index (κ3) is 5.95. The minimum atomic E-state index is -4.94. The maximum absolute atomic E-state index is 8.49. The third-order valence-corrected chi connectivity index (χ3v) is 3.94. The lowest BCUT2D eigenvalue weighted by molar-refractivity contribution is -2.00. The predicted molar refractivity (Wildman–Crippen MR) is 89.0 cm³/mol. The summed E-state index contributed by atoms with van der Waals surface area (Å²) in [4.78, 5) is 5.49. The summed E-state index contributed by atoms with van der Waals surface area (Å²) in [7, 11) is 0.0167. The zero-order valence-electron chi connectivity index (χ0n) is 15.6. The van der Waals surface area contributed by atoms with Crippen LogP contribution in [0.2, 0.25) is 0 Å². The van der Waals surface area contributed by atoms with Crippen molar-refractivity contribution in [2.45, 2.75) is 6.42 Å². The highest BCUT2D eigenvalue weighted by atomic mass is 35.7. The molecular weight excluding hydrogens is 390 g/mol. The zero-order valence-corrected chi connectivity index (χ0v) is 16.3. The van der Waals surface area contributed by atoms with E-state index in [0.717, 1.165) is 29.2 Å². The van der Waals surface area contributed by atoms with Gasteiger partial charge in [-0.15, -0.1) is 10.2 Å². The van der Waals surface area contributed by atoms with Crippen LogP contribution in [0.25, 0.3) is 10.8 Å². The molecule has 0 saturated heterocycles. The minimum absolute atomic E-state index is 0.730. The van der Waals surface area contributed by atoms with Crippen LogP contribution in [0.1, 0.15) is 11.3 Å². The van der Waals surface area contributed by atoms with Crippen molar-refractivity contribution in [3.8, 4) is 11.5 Å². The summed E-state index contributed by atoms with van der Waals surface area (Å²) in [6.45, 7) is 0. The standard InChI is InChI=1S/C19H20NO3.ClHO4/c1-21-18-9-8-14(13-19(18)22-2)12-17-16-7-5-4-6-15(16)10-11-20(17)23-3;2-1(3,4)5/h4-11,13H,12H2,1-3H3;(H,2,3,4,5)/q+1;/p-1. The van der Waals surface area contributed by atoms with Gasteiger partial charge in [0, 0.05) is 10.8 Å². The second kappa shape index (κ2) is 9.54. The Labute approximate surface area is 164 Å². The van der Waals surface area contributed by atoms with Gasteiger partial charge in [0.05, 0.1) is 26.0 Å². The third-order valence-electron chi connectivity index (χ3n) is 3.94. The Morgan fingerprint density at radius 1 is 0.857 bits per heavy atom. The summed E-state index contributed by atoms with van der Waals surface area (Å²) in [6, 6.07) is 16.3. The second-order valence-corrected chi connectivity index (χ2v) is 6.36. The number of benzene rings is 2. The molecule has 0 saturated carbocycles. The van der Waals surface area contributed by atoms with Crippen molar-refractivity contribution >= 4 is 10.8 Å². The highest BCUT2D eigenvalue weighted by Gasteiger charge is 2.18. The Balaban J connectivity index is 0.000000500. The average Bonchev–Trinajstić information content (AvgIpc) is 2.66. The number of aromatic nitrogens is 1. The molecular formula is C19H20ClNO7. The normalized spacial score (nSPS) is 10.8. The smallest absolute Gasteiger partial charge is 0.246 e. The van der Waals surface area contributed by atoms with Gasteiger partial charge in [0.15, 0.2) is 11.5 Å². The summed E-state index contributed by atoms with van der Waals surface area (Å²) in [5.74, 6) is 1.46. The zero-order chi connectivity index (χ0) is 20.7. The molecule has 0 aliphatic heterocycles. The van der Waals surface area contributed by atoms with E-state index in [-0.39, 0.29) is 0 Å². The number of pyridine rings is 1. The van der Waals surface area contributed by atoms with Crippen LogP contribution in [0.5, 0.6) is 11.5 Å². The van der Waals surface area contributed by atoms with E-state index >= 15 is 0 Å². The van der Waals surface area contributed by atoms with Gasteiger partial charge in [-0.25, -0.2) is 18.6 Å². The SMILES string of the molecule is COc1ccc(Cc2c3ccccc3cc[n+]2OC)cc1OC.[O-][Cl+3]([O-])([O-])[O-]. The van der Waals surface area contributed by atoms with Crippen molar-refractivity contribution in [3.63, 3.8) is 0 Å². The molecule has 3 aromatic rings. The average molecular weight is 410 g/mol. The lowest BCUT2D eigenvalue weighted by atomic mass is 10.0. The van der Waals surface area contributed by atoms with E-state index in [4.69, 9.17) is 32.9 Å². The number of fused-ring (bicyclic) bond motifs is 1. The summed E-state index contributed by atoms with van der Waals surface area (Å²) >= 11 is 0. The van der Waals surface area contributed by atoms with E-state index in [9.17, 15) is 0 Å². The number of hydrogen-bond donors (Lipinski definition) is 0. The molecule has 0 bridgehead atoms. The van der Waals surface area contributed by atoms with Crippen LogP contribution in [0, 0.1) is 10.2 Å². The summed E-state index contributed by atoms with van der Waals surface area (Å²) in [5.41, 5.74) is 2.22. The first-order chi connectivity index (χ1) is 13.3. The van der Waals surface area contributed by atoms with Crippen molar-refractivity contribution in [1.82, 2.24) is 0 Å². The quantitative estimate of drug-likeness (QED) is 0.448. The van der Waals surface area contributed by atoms with Gasteiger partial charge in [-0.2, -0.15) is 0 Å². The van der Waals surface area contributed by atoms with E-state index in [2.05, 4.69) is 18.2 Å². The summed E-state index contributed by atoms with van der Waals surface area (Å²) < 4.78 is 46.5. The van der Waals surface area contributed by atoms with Crippen LogP contribution in [-0.2, 0) is 6.42 Å². The highest BCUT2D eigenvalue weighted by molar-refractivity contribution is 5.83. The molecule has 2 aromatic carbocycles. The lowest BCUT2D eigenvalue weighted by Crippen LogP contribution is -2.68. The van der Waals surface area contributed by atoms with Crippen molar-refractivity contribution in [3.05, 3.63) is 66.0 Å². The maximum Gasteiger partial charge on any atom is 0.246 e. The molecule has 0 N–H and O–H groups in total. The fraction of sp³-hybridized carbons (Fsp3) is 0.211. The number of rotatable bonds is 5. The number of methoxy groups -OCH3 is 2. The van der Waals surface area contributed by atoms with Crippen LogP contribution >= 0.6 is 0 Å². The van der Waals surface area contributed by atoms with E-state index in [0.29, 0.717) is 0 Å². The Hall–Kier alpha value is -2.62. The largest absolute Gasteiger partial charge is 0.493 e. The van der Waals surface area contributed by atoms with Gasteiger partial charge in [0.25, 0.3) is 0 Å². The monoisotopic (exact) mass is 409 g/mol. The van der Waals surface area contributed by atoms with Crippen LogP contribution in [0.15, 0.2) is 54.7 Å². The number of nitrogens with zero attached hydrogens (tertiary/aromatic N) is 1. The molecule has 1 heterocycles. The predicted octanol–water partition coefficient (Wildman–Crippen LogP) is -1.96. The van der Waals surface area contributed by atoms with Crippen LogP contribution in [0.3, 0.4) is 0 Å². The minimum Gasteiger partial charge on any atom is -0.493 e. The first kappa shape index (κ1) is 21.7. The fourth-order valence-corrected chi connectivity index (χ4v) is 2.79. The van der Waals surface area contributed by atoms with Gasteiger partial charge in [-0.3, -0.25) is 4.84 Å². The lowest BCUT2D eigenvalue weighted by Gasteiger charge is -2.17. The Bertz CT molecular complexity index is 922. The van der Waals surface area contributed by atoms with Crippen molar-refractivity contribution in [2.24, 2.45) is 0 Å². The van der Waals surface area contributed by atoms with E-state index in [1.54, 1.807) is 26.1 Å². The topological polar surface area (TPSA) is 124 Å². The molecule has 0 amide bonds. The molecule has 0 atom stereocenters. The van der Waals surface area contributed by atoms with Crippen molar-refractivity contribution in [1.29, 1.82) is 0 Å². The first-order valence-electron chi connectivity index (χ1n) is 8.06. The molecule has 28 heavy (non-hydrogen) atoms. The highest BCUT2D eigenvalue weighted by Crippen LogP contribution is 2.29. The maximum atomic E-state index is 8.49. The number of halogens is 1. The van der Waals surface area contributed by atoms with E-state index in [1.165, 1.54) is 10.8 Å². The molecule has 0 aliphatic rings. The molecule has 0 unspecified atom stereocenters. The van der Waals surface area contributed by atoms with E-state index < -0.39 is 10.2 Å². The van der Waals surface area contributed by atoms with Gasteiger partial charge in [0.2, 0.25) is 11.9 Å². The summed E-state index contributed by atoms with van der Waals surface area (Å²) in [5, 5.41) is 2.36. The van der Waals surface area contributed by atoms with Crippen molar-refractivity contribution < 1.29 is 47.9 Å². The molecule has 8 nitrogen and oxygen atoms in total. The molecule has 1 aromatic heterocycles. The second-order valence-electron chi connectivity index (χ2n) is 5.60. The molecule has 150 valence electrons. The molecule has 3 rings (SSSR count). The van der Waals surface area contributed by atoms with Crippen LogP contribution < -0.4 is 37.7 Å². The van der Waals surface area contributed by atoms with Gasteiger partial charge < -0.3 is 9.47 Å². The Kier molecular flexibility index (Phi) is 7.38. The fourth-order valence-electron chi connectivity index (χ4n) is 2.79. The van der Waals surface area contributed by atoms with Crippen LogP contribution in [-0.4, -0.2) is 21.3 Å². The summed E-state index contributed by atoms with van der Waals surface area (Å²) in [6.07, 6.45) is 2.67. The molecule has 0 spiro atoms. The Morgan fingerprint density at radius 3 is 2.11 bits per heavy atom. The molecule has 0 radical (unpaired) electrons. The van der Waals surface area contributed by atoms with Gasteiger partial charge in [-0.05, 0) is 29.1 Å². The Morgan fingerprint density at radius 2 is 1.50 bits per heavy atom. The van der Waals surface area contributed by atoms with Crippen LogP contribution in [0.4, 0.5) is 0 Å². The first-order valence-corrected chi connectivity index (χ1v) is 9.29. The van der Waals surface area contributed by atoms with Gasteiger partial charge in [0.1, 0.15) is 7.11 Å². The van der Waals surface area contributed by atoms with E-state index in [1.807, 2.05) is 36.5 Å². The van der Waals surface area contributed by atoms with Gasteiger partial charge in [-0.1, -0.05) is 24.3 Å². The van der Waals surface area contributed by atoms with Gasteiger partial charge >= 0.3 is 0 Å². The molecule has 0 fully saturated rings. The molecule has 0 aliphatic carbocycles. The molecule has 9 heteroatoms. The van der Waals surface area contributed by atoms with Crippen molar-refractivity contribution in [2.75, 3.05) is 21.3 Å².